The van der Waals surface area contributed by atoms with Gasteiger partial charge in [0.05, 0.1) is 11.6 Å². The zero-order valence-electron chi connectivity index (χ0n) is 24.7. The summed E-state index contributed by atoms with van der Waals surface area (Å²) in [5, 5.41) is 11.2. The van der Waals surface area contributed by atoms with Crippen LogP contribution in [0.4, 0.5) is 30.7 Å². The van der Waals surface area contributed by atoms with E-state index in [1.54, 1.807) is 6.92 Å². The Morgan fingerprint density at radius 2 is 1.81 bits per heavy atom. The van der Waals surface area contributed by atoms with Crippen LogP contribution in [0.5, 0.6) is 5.75 Å². The van der Waals surface area contributed by atoms with Crippen LogP contribution in [-0.2, 0) is 34.9 Å². The second-order valence-corrected chi connectivity index (χ2v) is 12.3. The van der Waals surface area contributed by atoms with Gasteiger partial charge in [0.2, 0.25) is 5.60 Å². The van der Waals surface area contributed by atoms with Gasteiger partial charge in [0, 0.05) is 43.6 Å². The molecule has 2 aliphatic rings. The Bertz CT molecular complexity index is 1680. The maximum atomic E-state index is 14.8. The number of hydrogen-bond donors (Lipinski definition) is 1. The molecule has 47 heavy (non-hydrogen) atoms. The molecule has 1 aromatic carbocycles. The van der Waals surface area contributed by atoms with E-state index >= 15 is 0 Å². The van der Waals surface area contributed by atoms with Crippen LogP contribution in [-0.4, -0.2) is 61.9 Å². The number of alkyl halides is 6. The number of piperidine rings is 1. The third-order valence-electron chi connectivity index (χ3n) is 8.36. The minimum Gasteiger partial charge on any atom is -0.480 e. The van der Waals surface area contributed by atoms with Gasteiger partial charge in [-0.3, -0.25) is 14.6 Å². The summed E-state index contributed by atoms with van der Waals surface area (Å²) in [5.74, 6) is -4.61. The Balaban J connectivity index is 1.65. The number of aliphatic carboxylic acids is 1. The number of carbonyl (C=O) groups excluding carboxylic acids is 2. The number of halogens is 7. The SMILES string of the molecule is CCC[C@H]1N(C(=O)c2ncccc2C(F)(F)F)CCC[C@]1(Oc1csc(C(F)(F)F)c1)C(=O)N1Cc2ccc(F)cc2C[C@H]1C(=O)O. The number of thiophene rings is 1. The largest absolute Gasteiger partial charge is 0.480 e. The fraction of sp³-hybridized carbons (Fsp3) is 0.419. The van der Waals surface area contributed by atoms with E-state index in [1.807, 2.05) is 0 Å². The van der Waals surface area contributed by atoms with E-state index in [1.165, 1.54) is 6.07 Å². The number of ether oxygens (including phenoxy) is 1. The highest BCUT2D eigenvalue weighted by Crippen LogP contribution is 2.43. The van der Waals surface area contributed by atoms with Crippen molar-refractivity contribution in [3.8, 4) is 5.75 Å². The van der Waals surface area contributed by atoms with Crippen molar-refractivity contribution in [2.24, 2.45) is 0 Å². The number of rotatable bonds is 7. The molecule has 1 N–H and O–H groups in total. The topological polar surface area (TPSA) is 100 Å². The minimum absolute atomic E-state index is 0.0322. The molecule has 0 spiro atoms. The molecule has 252 valence electrons. The molecular weight excluding hydrogens is 659 g/mol. The molecule has 1 saturated heterocycles. The number of carboxylic acids is 1. The van der Waals surface area contributed by atoms with Crippen LogP contribution in [0, 0.1) is 5.82 Å². The van der Waals surface area contributed by atoms with Gasteiger partial charge in [0.1, 0.15) is 28.2 Å². The predicted octanol–water partition coefficient (Wildman–Crippen LogP) is 6.58. The number of nitrogens with zero attached hydrogens (tertiary/aromatic N) is 3. The second kappa shape index (κ2) is 12.8. The van der Waals surface area contributed by atoms with Crippen LogP contribution < -0.4 is 4.74 Å². The Hall–Kier alpha value is -4.21. The second-order valence-electron chi connectivity index (χ2n) is 11.3. The molecule has 2 aliphatic heterocycles. The van der Waals surface area contributed by atoms with Gasteiger partial charge in [0.15, 0.2) is 0 Å². The van der Waals surface area contributed by atoms with E-state index in [4.69, 9.17) is 4.74 Å². The van der Waals surface area contributed by atoms with Crippen molar-refractivity contribution in [1.29, 1.82) is 0 Å². The van der Waals surface area contributed by atoms with E-state index in [0.29, 0.717) is 34.6 Å². The summed E-state index contributed by atoms with van der Waals surface area (Å²) in [6.45, 7) is 1.20. The molecule has 5 rings (SSSR count). The van der Waals surface area contributed by atoms with Crippen molar-refractivity contribution in [2.75, 3.05) is 6.54 Å². The molecule has 0 unspecified atom stereocenters. The van der Waals surface area contributed by atoms with Crippen LogP contribution in [0.1, 0.15) is 64.7 Å². The lowest BCUT2D eigenvalue weighted by Crippen LogP contribution is -2.69. The lowest BCUT2D eigenvalue weighted by Gasteiger charge is -2.51. The lowest BCUT2D eigenvalue weighted by molar-refractivity contribution is -0.168. The Labute approximate surface area is 267 Å². The number of aromatic nitrogens is 1. The van der Waals surface area contributed by atoms with Crippen molar-refractivity contribution in [3.63, 3.8) is 0 Å². The van der Waals surface area contributed by atoms with Crippen molar-refractivity contribution >= 4 is 29.1 Å². The summed E-state index contributed by atoms with van der Waals surface area (Å²) in [4.78, 5) is 45.8. The third kappa shape index (κ3) is 6.64. The van der Waals surface area contributed by atoms with Crippen molar-refractivity contribution < 1.29 is 55.0 Å². The zero-order valence-corrected chi connectivity index (χ0v) is 25.5. The average Bonchev–Trinajstić information content (AvgIpc) is 3.49. The van der Waals surface area contributed by atoms with Gasteiger partial charge in [0.25, 0.3) is 11.8 Å². The summed E-state index contributed by atoms with van der Waals surface area (Å²) in [6, 6.07) is 3.13. The van der Waals surface area contributed by atoms with Gasteiger partial charge in [-0.1, -0.05) is 19.4 Å². The van der Waals surface area contributed by atoms with Gasteiger partial charge in [-0.15, -0.1) is 11.3 Å². The maximum absolute atomic E-state index is 14.8. The molecule has 1 fully saturated rings. The quantitative estimate of drug-likeness (QED) is 0.282. The molecule has 0 bridgehead atoms. The van der Waals surface area contributed by atoms with E-state index in [9.17, 15) is 50.2 Å². The molecule has 0 aliphatic carbocycles. The predicted molar refractivity (Wildman–Crippen MR) is 153 cm³/mol. The standard InChI is InChI=1S/C31H28F7N3O5S/c1-2-5-23-29(46-20-14-24(47-16-20)31(36,37)38,9-4-11-40(23)26(42)25-21(30(33,34)35)6-3-10-39-25)28(45)41-15-17-7-8-19(32)12-18(17)13-22(41)27(43)44/h3,6-8,10,12,14,16,22-23H,2,4-5,9,11,13,15H2,1H3,(H,43,44)/t22-,23+,29+/m0/s1. The molecule has 16 heteroatoms. The highest BCUT2D eigenvalue weighted by molar-refractivity contribution is 7.10. The monoisotopic (exact) mass is 687 g/mol. The summed E-state index contributed by atoms with van der Waals surface area (Å²) in [5.41, 5.74) is -3.71. The number of benzene rings is 1. The average molecular weight is 688 g/mol. The summed E-state index contributed by atoms with van der Waals surface area (Å²) in [7, 11) is 0. The normalized spacial score (nSPS) is 21.7. The molecule has 0 radical (unpaired) electrons. The van der Waals surface area contributed by atoms with Gasteiger partial charge < -0.3 is 19.6 Å². The molecule has 4 heterocycles. The molecule has 2 aromatic heterocycles. The maximum Gasteiger partial charge on any atom is 0.425 e. The number of likely N-dealkylation sites (tertiary alicyclic amines) is 1. The van der Waals surface area contributed by atoms with Gasteiger partial charge in [-0.05, 0) is 48.2 Å². The Morgan fingerprint density at radius 3 is 2.45 bits per heavy atom. The van der Waals surface area contributed by atoms with E-state index in [-0.39, 0.29) is 50.9 Å². The van der Waals surface area contributed by atoms with E-state index in [2.05, 4.69) is 4.98 Å². The fourth-order valence-electron chi connectivity index (χ4n) is 6.30. The summed E-state index contributed by atoms with van der Waals surface area (Å²) in [6.07, 6.45) is -9.04. The van der Waals surface area contributed by atoms with Crippen molar-refractivity contribution in [2.45, 2.75) is 75.6 Å². The first-order chi connectivity index (χ1) is 22.1. The van der Waals surface area contributed by atoms with Crippen molar-refractivity contribution in [3.05, 3.63) is 81.1 Å². The first-order valence-electron chi connectivity index (χ1n) is 14.6. The molecule has 2 amide bonds. The van der Waals surface area contributed by atoms with Crippen LogP contribution in [0.2, 0.25) is 0 Å². The number of fused-ring (bicyclic) bond motifs is 1. The number of carbonyl (C=O) groups is 3. The number of pyridine rings is 1. The lowest BCUT2D eigenvalue weighted by atomic mass is 9.79. The fourth-order valence-corrected chi connectivity index (χ4v) is 6.98. The third-order valence-corrected chi connectivity index (χ3v) is 9.31. The molecule has 3 atom stereocenters. The molecular formula is C31H28F7N3O5S. The molecule has 0 saturated carbocycles. The minimum atomic E-state index is -4.96. The van der Waals surface area contributed by atoms with Gasteiger partial charge in [-0.25, -0.2) is 9.18 Å². The Kier molecular flexibility index (Phi) is 9.27. The summed E-state index contributed by atoms with van der Waals surface area (Å²) < 4.78 is 103. The van der Waals surface area contributed by atoms with E-state index in [0.717, 1.165) is 39.6 Å². The zero-order chi connectivity index (χ0) is 34.3. The van der Waals surface area contributed by atoms with Crippen LogP contribution in [0.3, 0.4) is 0 Å². The highest BCUT2D eigenvalue weighted by Gasteiger charge is 2.57. The van der Waals surface area contributed by atoms with Gasteiger partial charge in [-0.2, -0.15) is 26.3 Å². The highest BCUT2D eigenvalue weighted by atomic mass is 32.1. The molecule has 8 nitrogen and oxygen atoms in total. The van der Waals surface area contributed by atoms with Crippen LogP contribution >= 0.6 is 11.3 Å². The number of carboxylic acid groups (broad SMARTS) is 1. The van der Waals surface area contributed by atoms with Crippen LogP contribution in [0.15, 0.2) is 48.0 Å². The first-order valence-corrected chi connectivity index (χ1v) is 15.4. The number of hydrogen-bond acceptors (Lipinski definition) is 6. The van der Waals surface area contributed by atoms with Gasteiger partial charge >= 0.3 is 18.3 Å². The van der Waals surface area contributed by atoms with Crippen LogP contribution in [0.25, 0.3) is 0 Å². The first kappa shape index (κ1) is 34.1. The van der Waals surface area contributed by atoms with E-state index < -0.39 is 69.8 Å². The smallest absolute Gasteiger partial charge is 0.425 e. The summed E-state index contributed by atoms with van der Waals surface area (Å²) >= 11 is 0.292. The molecule has 3 aromatic rings. The number of amides is 2. The van der Waals surface area contributed by atoms with Crippen molar-refractivity contribution in [1.82, 2.24) is 14.8 Å². The Morgan fingerprint density at radius 1 is 1.06 bits per heavy atom.